The molecule has 21 heavy (non-hydrogen) atoms. The molecular formula is C17H16ClNO2. The second-order valence-corrected chi connectivity index (χ2v) is 5.39. The van der Waals surface area contributed by atoms with Crippen LogP contribution in [0, 0.1) is 0 Å². The van der Waals surface area contributed by atoms with Gasteiger partial charge in [0.05, 0.1) is 6.61 Å². The van der Waals surface area contributed by atoms with Gasteiger partial charge in [-0.3, -0.25) is 4.79 Å². The van der Waals surface area contributed by atoms with Crippen LogP contribution in [-0.4, -0.2) is 18.4 Å². The van der Waals surface area contributed by atoms with Crippen LogP contribution in [0.5, 0.6) is 5.75 Å². The maximum atomic E-state index is 12.3. The molecule has 0 spiro atoms. The Bertz CT molecular complexity index is 652. The molecule has 0 atom stereocenters. The van der Waals surface area contributed by atoms with Crippen LogP contribution in [0.25, 0.3) is 0 Å². The Kier molecular flexibility index (Phi) is 4.11. The van der Waals surface area contributed by atoms with Crippen LogP contribution in [0.4, 0.5) is 5.69 Å². The molecule has 2 aromatic rings. The van der Waals surface area contributed by atoms with Crippen molar-refractivity contribution in [3.8, 4) is 5.75 Å². The molecule has 4 heteroatoms. The number of rotatable bonds is 4. The Morgan fingerprint density at radius 2 is 2.00 bits per heavy atom. The third kappa shape index (κ3) is 3.19. The molecular weight excluding hydrogens is 286 g/mol. The van der Waals surface area contributed by atoms with Gasteiger partial charge in [0.1, 0.15) is 5.75 Å². The van der Waals surface area contributed by atoms with E-state index in [1.165, 1.54) is 0 Å². The van der Waals surface area contributed by atoms with E-state index in [1.54, 1.807) is 6.07 Å². The van der Waals surface area contributed by atoms with Crippen LogP contribution < -0.4 is 10.1 Å². The third-order valence-corrected chi connectivity index (χ3v) is 3.74. The summed E-state index contributed by atoms with van der Waals surface area (Å²) in [5, 5.41) is 2.91. The van der Waals surface area contributed by atoms with Gasteiger partial charge in [0.25, 0.3) is 5.91 Å². The van der Waals surface area contributed by atoms with E-state index < -0.39 is 0 Å². The fraction of sp³-hybridized carbons (Fsp3) is 0.235. The standard InChI is InChI=1S/C17H16ClNO2/c18-9-7-12-1-4-15(5-2-12)19-17(20)14-3-6-16-13(11-14)8-10-21-16/h1-6,11H,7-10H2,(H,19,20). The number of anilines is 1. The van der Waals surface area contributed by atoms with Gasteiger partial charge in [0.2, 0.25) is 0 Å². The van der Waals surface area contributed by atoms with Crippen molar-refractivity contribution in [1.29, 1.82) is 0 Å². The summed E-state index contributed by atoms with van der Waals surface area (Å²) in [5.41, 5.74) is 3.71. The molecule has 0 radical (unpaired) electrons. The minimum absolute atomic E-state index is 0.102. The summed E-state index contributed by atoms with van der Waals surface area (Å²) in [7, 11) is 0. The number of hydrogen-bond donors (Lipinski definition) is 1. The number of aryl methyl sites for hydroxylation is 1. The molecule has 1 amide bonds. The van der Waals surface area contributed by atoms with Crippen molar-refractivity contribution in [2.75, 3.05) is 17.8 Å². The number of alkyl halides is 1. The highest BCUT2D eigenvalue weighted by atomic mass is 35.5. The molecule has 2 aromatic carbocycles. The van der Waals surface area contributed by atoms with Crippen molar-refractivity contribution in [2.24, 2.45) is 0 Å². The highest BCUT2D eigenvalue weighted by molar-refractivity contribution is 6.18. The Labute approximate surface area is 128 Å². The lowest BCUT2D eigenvalue weighted by Gasteiger charge is -2.07. The van der Waals surface area contributed by atoms with Crippen LogP contribution in [0.3, 0.4) is 0 Å². The Balaban J connectivity index is 1.71. The van der Waals surface area contributed by atoms with Gasteiger partial charge in [-0.25, -0.2) is 0 Å². The second-order valence-electron chi connectivity index (χ2n) is 5.01. The number of carbonyl (C=O) groups excluding carboxylic acids is 1. The van der Waals surface area contributed by atoms with Gasteiger partial charge in [0, 0.05) is 23.6 Å². The van der Waals surface area contributed by atoms with E-state index in [0.29, 0.717) is 18.1 Å². The first-order chi connectivity index (χ1) is 10.3. The number of ether oxygens (including phenoxy) is 1. The van der Waals surface area contributed by atoms with Crippen LogP contribution in [0.15, 0.2) is 42.5 Å². The summed E-state index contributed by atoms with van der Waals surface area (Å²) >= 11 is 5.71. The van der Waals surface area contributed by atoms with Crippen LogP contribution in [-0.2, 0) is 12.8 Å². The van der Waals surface area contributed by atoms with Crippen molar-refractivity contribution >= 4 is 23.2 Å². The monoisotopic (exact) mass is 301 g/mol. The topological polar surface area (TPSA) is 38.3 Å². The third-order valence-electron chi connectivity index (χ3n) is 3.55. The fourth-order valence-corrected chi connectivity index (χ4v) is 2.61. The molecule has 1 N–H and O–H groups in total. The number of halogens is 1. The van der Waals surface area contributed by atoms with E-state index in [1.807, 2.05) is 36.4 Å². The lowest BCUT2D eigenvalue weighted by atomic mass is 10.1. The van der Waals surface area contributed by atoms with E-state index >= 15 is 0 Å². The lowest BCUT2D eigenvalue weighted by Crippen LogP contribution is -2.12. The Morgan fingerprint density at radius 3 is 2.76 bits per heavy atom. The average molecular weight is 302 g/mol. The van der Waals surface area contributed by atoms with Gasteiger partial charge in [-0.15, -0.1) is 11.6 Å². The van der Waals surface area contributed by atoms with Gasteiger partial charge in [0.15, 0.2) is 0 Å². The van der Waals surface area contributed by atoms with Crippen LogP contribution >= 0.6 is 11.6 Å². The number of amides is 1. The summed E-state index contributed by atoms with van der Waals surface area (Å²) in [6.45, 7) is 0.697. The molecule has 3 nitrogen and oxygen atoms in total. The minimum Gasteiger partial charge on any atom is -0.493 e. The highest BCUT2D eigenvalue weighted by Gasteiger charge is 2.15. The molecule has 0 bridgehead atoms. The number of carbonyl (C=O) groups is 1. The zero-order chi connectivity index (χ0) is 14.7. The highest BCUT2D eigenvalue weighted by Crippen LogP contribution is 2.26. The average Bonchev–Trinajstić information content (AvgIpc) is 2.97. The molecule has 0 aliphatic carbocycles. The van der Waals surface area contributed by atoms with Crippen LogP contribution in [0.2, 0.25) is 0 Å². The maximum Gasteiger partial charge on any atom is 0.255 e. The number of fused-ring (bicyclic) bond motifs is 1. The lowest BCUT2D eigenvalue weighted by molar-refractivity contribution is 0.102. The quantitative estimate of drug-likeness (QED) is 0.875. The van der Waals surface area contributed by atoms with E-state index in [9.17, 15) is 4.79 Å². The van der Waals surface area contributed by atoms with E-state index in [0.717, 1.165) is 35.4 Å². The molecule has 1 aliphatic rings. The summed E-state index contributed by atoms with van der Waals surface area (Å²) in [5.74, 6) is 1.38. The molecule has 1 heterocycles. The largest absolute Gasteiger partial charge is 0.493 e. The Morgan fingerprint density at radius 1 is 1.19 bits per heavy atom. The molecule has 108 valence electrons. The van der Waals surface area contributed by atoms with Gasteiger partial charge in [-0.05, 0) is 47.9 Å². The first-order valence-electron chi connectivity index (χ1n) is 6.98. The number of benzene rings is 2. The zero-order valence-electron chi connectivity index (χ0n) is 11.6. The second kappa shape index (κ2) is 6.19. The SMILES string of the molecule is O=C(Nc1ccc(CCCl)cc1)c1ccc2c(c1)CCO2. The number of hydrogen-bond acceptors (Lipinski definition) is 2. The zero-order valence-corrected chi connectivity index (χ0v) is 12.3. The summed E-state index contributed by atoms with van der Waals surface area (Å²) in [6, 6.07) is 13.3. The van der Waals surface area contributed by atoms with Crippen molar-refractivity contribution in [2.45, 2.75) is 12.8 Å². The van der Waals surface area contributed by atoms with Gasteiger partial charge >= 0.3 is 0 Å². The smallest absolute Gasteiger partial charge is 0.255 e. The van der Waals surface area contributed by atoms with E-state index in [-0.39, 0.29) is 5.91 Å². The van der Waals surface area contributed by atoms with Crippen LogP contribution in [0.1, 0.15) is 21.5 Å². The molecule has 0 saturated carbocycles. The van der Waals surface area contributed by atoms with Crippen molar-refractivity contribution in [3.63, 3.8) is 0 Å². The van der Waals surface area contributed by atoms with E-state index in [4.69, 9.17) is 16.3 Å². The van der Waals surface area contributed by atoms with Gasteiger partial charge < -0.3 is 10.1 Å². The molecule has 0 fully saturated rings. The van der Waals surface area contributed by atoms with Crippen molar-refractivity contribution in [1.82, 2.24) is 0 Å². The molecule has 0 unspecified atom stereocenters. The molecule has 0 saturated heterocycles. The summed E-state index contributed by atoms with van der Waals surface area (Å²) in [4.78, 5) is 12.3. The fourth-order valence-electron chi connectivity index (χ4n) is 2.39. The van der Waals surface area contributed by atoms with Gasteiger partial charge in [-0.1, -0.05) is 12.1 Å². The maximum absolute atomic E-state index is 12.3. The molecule has 1 aliphatic heterocycles. The van der Waals surface area contributed by atoms with Gasteiger partial charge in [-0.2, -0.15) is 0 Å². The normalized spacial score (nSPS) is 12.6. The van der Waals surface area contributed by atoms with Crippen molar-refractivity contribution < 1.29 is 9.53 Å². The first-order valence-corrected chi connectivity index (χ1v) is 7.52. The predicted molar refractivity (Wildman–Crippen MR) is 84.5 cm³/mol. The molecule has 0 aromatic heterocycles. The predicted octanol–water partition coefficient (Wildman–Crippen LogP) is 3.66. The Hall–Kier alpha value is -2.00. The van der Waals surface area contributed by atoms with Crippen molar-refractivity contribution in [3.05, 3.63) is 59.2 Å². The number of nitrogens with one attached hydrogen (secondary N) is 1. The summed E-state index contributed by atoms with van der Waals surface area (Å²) < 4.78 is 5.45. The summed E-state index contributed by atoms with van der Waals surface area (Å²) in [6.07, 6.45) is 1.70. The molecule has 3 rings (SSSR count). The van der Waals surface area contributed by atoms with E-state index in [2.05, 4.69) is 5.32 Å². The minimum atomic E-state index is -0.102. The first kappa shape index (κ1) is 14.0.